The highest BCUT2D eigenvalue weighted by molar-refractivity contribution is 7.99. The Morgan fingerprint density at radius 1 is 0.947 bits per heavy atom. The zero-order chi connectivity index (χ0) is 13.5. The Kier molecular flexibility index (Phi) is 5.45. The summed E-state index contributed by atoms with van der Waals surface area (Å²) in [6.07, 6.45) is 0. The van der Waals surface area contributed by atoms with Crippen LogP contribution in [0.3, 0.4) is 0 Å². The van der Waals surface area contributed by atoms with Crippen molar-refractivity contribution in [1.82, 2.24) is 5.32 Å². The summed E-state index contributed by atoms with van der Waals surface area (Å²) in [6.45, 7) is 4.03. The van der Waals surface area contributed by atoms with Crippen LogP contribution in [0, 0.1) is 0 Å². The van der Waals surface area contributed by atoms with Crippen molar-refractivity contribution in [2.24, 2.45) is 0 Å². The molecule has 2 N–H and O–H groups in total. The Morgan fingerprint density at radius 3 is 2.16 bits per heavy atom. The van der Waals surface area contributed by atoms with Gasteiger partial charge in [0.15, 0.2) is 0 Å². The second kappa shape index (κ2) is 7.34. The van der Waals surface area contributed by atoms with Gasteiger partial charge < -0.3 is 10.4 Å². The highest BCUT2D eigenvalue weighted by atomic mass is 32.2. The lowest BCUT2D eigenvalue weighted by Gasteiger charge is -2.11. The van der Waals surface area contributed by atoms with Crippen LogP contribution in [-0.2, 0) is 13.2 Å². The van der Waals surface area contributed by atoms with Crippen LogP contribution >= 0.6 is 11.8 Å². The summed E-state index contributed by atoms with van der Waals surface area (Å²) in [5.74, 6) is 0. The molecule has 0 bridgehead atoms. The van der Waals surface area contributed by atoms with E-state index >= 15 is 0 Å². The molecule has 0 spiro atoms. The lowest BCUT2D eigenvalue weighted by Crippen LogP contribution is -2.12. The van der Waals surface area contributed by atoms with Crippen molar-refractivity contribution in [3.8, 4) is 0 Å². The van der Waals surface area contributed by atoms with E-state index in [0.29, 0.717) is 0 Å². The van der Waals surface area contributed by atoms with Crippen molar-refractivity contribution >= 4 is 11.8 Å². The molecule has 19 heavy (non-hydrogen) atoms. The van der Waals surface area contributed by atoms with Gasteiger partial charge in [0.2, 0.25) is 0 Å². The molecule has 0 saturated heterocycles. The standard InChI is InChI=1S/C16H19NOS/c1-2-17-11-13-7-3-5-9-15(13)19-16-10-6-4-8-14(16)12-18/h3-10,17-18H,2,11-12H2,1H3. The van der Waals surface area contributed by atoms with Crippen molar-refractivity contribution in [1.29, 1.82) is 0 Å². The fraction of sp³-hybridized carbons (Fsp3) is 0.250. The van der Waals surface area contributed by atoms with Crippen LogP contribution in [0.5, 0.6) is 0 Å². The van der Waals surface area contributed by atoms with Crippen molar-refractivity contribution < 1.29 is 5.11 Å². The molecule has 0 aromatic heterocycles. The second-order valence-electron chi connectivity index (χ2n) is 4.26. The van der Waals surface area contributed by atoms with E-state index < -0.39 is 0 Å². The van der Waals surface area contributed by atoms with Crippen molar-refractivity contribution in [2.75, 3.05) is 6.54 Å². The van der Waals surface area contributed by atoms with E-state index in [1.807, 2.05) is 18.2 Å². The van der Waals surface area contributed by atoms with Crippen LogP contribution in [0.15, 0.2) is 58.3 Å². The van der Waals surface area contributed by atoms with E-state index in [0.717, 1.165) is 23.5 Å². The summed E-state index contributed by atoms with van der Waals surface area (Å²) in [7, 11) is 0. The molecular formula is C16H19NOS. The molecule has 0 unspecified atom stereocenters. The van der Waals surface area contributed by atoms with Gasteiger partial charge >= 0.3 is 0 Å². The maximum absolute atomic E-state index is 9.38. The molecule has 0 atom stereocenters. The maximum Gasteiger partial charge on any atom is 0.0692 e. The minimum absolute atomic E-state index is 0.0819. The van der Waals surface area contributed by atoms with Crippen LogP contribution in [0.4, 0.5) is 0 Å². The summed E-state index contributed by atoms with van der Waals surface area (Å²) < 4.78 is 0. The van der Waals surface area contributed by atoms with Crippen LogP contribution in [0.1, 0.15) is 18.1 Å². The first-order chi connectivity index (χ1) is 9.35. The zero-order valence-corrected chi connectivity index (χ0v) is 11.9. The number of aliphatic hydroxyl groups excluding tert-OH is 1. The third kappa shape index (κ3) is 3.83. The lowest BCUT2D eigenvalue weighted by atomic mass is 10.2. The van der Waals surface area contributed by atoms with E-state index in [1.54, 1.807) is 11.8 Å². The van der Waals surface area contributed by atoms with Crippen molar-refractivity contribution in [3.05, 3.63) is 59.7 Å². The van der Waals surface area contributed by atoms with Gasteiger partial charge in [-0.15, -0.1) is 0 Å². The monoisotopic (exact) mass is 273 g/mol. The summed E-state index contributed by atoms with van der Waals surface area (Å²) in [4.78, 5) is 2.36. The average Bonchev–Trinajstić information content (AvgIpc) is 2.47. The molecule has 0 radical (unpaired) electrons. The first kappa shape index (κ1) is 14.1. The molecular weight excluding hydrogens is 254 g/mol. The minimum atomic E-state index is 0.0819. The highest BCUT2D eigenvalue weighted by Gasteiger charge is 2.06. The Bertz CT molecular complexity index is 528. The zero-order valence-electron chi connectivity index (χ0n) is 11.1. The minimum Gasteiger partial charge on any atom is -0.392 e. The van der Waals surface area contributed by atoms with Gasteiger partial charge in [0.25, 0.3) is 0 Å². The predicted octanol–water partition coefficient (Wildman–Crippen LogP) is 3.44. The van der Waals surface area contributed by atoms with Gasteiger partial charge in [-0.25, -0.2) is 0 Å². The Balaban J connectivity index is 2.22. The van der Waals surface area contributed by atoms with E-state index in [9.17, 15) is 5.11 Å². The summed E-state index contributed by atoms with van der Waals surface area (Å²) in [5.41, 5.74) is 2.27. The molecule has 0 saturated carbocycles. The first-order valence-electron chi connectivity index (χ1n) is 6.50. The summed E-state index contributed by atoms with van der Waals surface area (Å²) in [6, 6.07) is 16.4. The molecule has 2 aromatic carbocycles. The second-order valence-corrected chi connectivity index (χ2v) is 5.34. The Labute approximate surface area is 118 Å². The molecule has 2 rings (SSSR count). The maximum atomic E-state index is 9.38. The topological polar surface area (TPSA) is 32.3 Å². The van der Waals surface area contributed by atoms with E-state index in [1.165, 1.54) is 10.5 Å². The van der Waals surface area contributed by atoms with Gasteiger partial charge in [-0.1, -0.05) is 55.1 Å². The molecule has 0 fully saturated rings. The van der Waals surface area contributed by atoms with Crippen LogP contribution in [0.25, 0.3) is 0 Å². The van der Waals surface area contributed by atoms with Crippen LogP contribution < -0.4 is 5.32 Å². The Hall–Kier alpha value is -1.29. The van der Waals surface area contributed by atoms with E-state index in [4.69, 9.17) is 0 Å². The molecule has 0 aliphatic carbocycles. The van der Waals surface area contributed by atoms with Gasteiger partial charge in [0.05, 0.1) is 6.61 Å². The summed E-state index contributed by atoms with van der Waals surface area (Å²) in [5, 5.41) is 12.7. The molecule has 0 aliphatic heterocycles. The van der Waals surface area contributed by atoms with Gasteiger partial charge in [-0.2, -0.15) is 0 Å². The summed E-state index contributed by atoms with van der Waals surface area (Å²) >= 11 is 1.72. The number of aliphatic hydroxyl groups is 1. The fourth-order valence-electron chi connectivity index (χ4n) is 1.86. The normalized spacial score (nSPS) is 10.6. The largest absolute Gasteiger partial charge is 0.392 e. The van der Waals surface area contributed by atoms with Gasteiger partial charge in [0.1, 0.15) is 0 Å². The average molecular weight is 273 g/mol. The highest BCUT2D eigenvalue weighted by Crippen LogP contribution is 2.32. The quantitative estimate of drug-likeness (QED) is 0.845. The molecule has 3 heteroatoms. The number of benzene rings is 2. The van der Waals surface area contributed by atoms with Crippen LogP contribution in [-0.4, -0.2) is 11.7 Å². The fourth-order valence-corrected chi connectivity index (χ4v) is 2.93. The van der Waals surface area contributed by atoms with Crippen LogP contribution in [0.2, 0.25) is 0 Å². The number of rotatable bonds is 6. The van der Waals surface area contributed by atoms with E-state index in [2.05, 4.69) is 42.6 Å². The molecule has 0 amide bonds. The molecule has 0 aliphatic rings. The number of hydrogen-bond acceptors (Lipinski definition) is 3. The van der Waals surface area contributed by atoms with Gasteiger partial charge in [-0.05, 0) is 29.8 Å². The molecule has 2 aromatic rings. The predicted molar refractivity (Wildman–Crippen MR) is 80.3 cm³/mol. The molecule has 2 nitrogen and oxygen atoms in total. The SMILES string of the molecule is CCNCc1ccccc1Sc1ccccc1CO. The number of nitrogens with one attached hydrogen (secondary N) is 1. The van der Waals surface area contributed by atoms with Crippen molar-refractivity contribution in [3.63, 3.8) is 0 Å². The van der Waals surface area contributed by atoms with Gasteiger partial charge in [0, 0.05) is 16.3 Å². The lowest BCUT2D eigenvalue weighted by molar-refractivity contribution is 0.279. The Morgan fingerprint density at radius 2 is 1.53 bits per heavy atom. The van der Waals surface area contributed by atoms with Crippen molar-refractivity contribution in [2.45, 2.75) is 29.9 Å². The number of hydrogen-bond donors (Lipinski definition) is 2. The first-order valence-corrected chi connectivity index (χ1v) is 7.32. The van der Waals surface area contributed by atoms with Gasteiger partial charge in [-0.3, -0.25) is 0 Å². The molecule has 0 heterocycles. The van der Waals surface area contributed by atoms with E-state index in [-0.39, 0.29) is 6.61 Å². The third-order valence-electron chi connectivity index (χ3n) is 2.90. The third-order valence-corrected chi connectivity index (χ3v) is 4.14. The molecule has 100 valence electrons. The smallest absolute Gasteiger partial charge is 0.0692 e.